The smallest absolute Gasteiger partial charge is 0.228 e. The minimum atomic E-state index is -0.305. The van der Waals surface area contributed by atoms with Crippen molar-refractivity contribution in [3.63, 3.8) is 0 Å². The Morgan fingerprint density at radius 2 is 1.67 bits per heavy atom. The van der Waals surface area contributed by atoms with Crippen LogP contribution in [0.1, 0.15) is 26.3 Å². The summed E-state index contributed by atoms with van der Waals surface area (Å²) in [6.45, 7) is 11.3. The Hall–Kier alpha value is -1.27. The van der Waals surface area contributed by atoms with E-state index in [1.807, 2.05) is 31.7 Å². The SMILES string of the molecule is CC(C)(C)C(=O)N1CCN(Cc2cc3c(cc2Br)OCCO3)CC1. The molecule has 24 heavy (non-hydrogen) atoms. The zero-order chi connectivity index (χ0) is 17.3. The van der Waals surface area contributed by atoms with Gasteiger partial charge in [0.25, 0.3) is 0 Å². The number of hydrogen-bond acceptors (Lipinski definition) is 4. The summed E-state index contributed by atoms with van der Waals surface area (Å²) in [7, 11) is 0. The van der Waals surface area contributed by atoms with Crippen LogP contribution >= 0.6 is 15.9 Å². The van der Waals surface area contributed by atoms with Crippen LogP contribution in [0.2, 0.25) is 0 Å². The van der Waals surface area contributed by atoms with E-state index in [1.54, 1.807) is 0 Å². The average Bonchev–Trinajstić information content (AvgIpc) is 2.55. The molecular formula is C18H25BrN2O3. The van der Waals surface area contributed by atoms with Crippen LogP contribution in [-0.4, -0.2) is 55.1 Å². The molecule has 1 aromatic rings. The summed E-state index contributed by atoms with van der Waals surface area (Å²) in [5.74, 6) is 1.86. The molecule has 2 aliphatic rings. The van der Waals surface area contributed by atoms with E-state index in [0.717, 1.165) is 48.7 Å². The average molecular weight is 397 g/mol. The molecule has 0 spiro atoms. The quantitative estimate of drug-likeness (QED) is 0.770. The van der Waals surface area contributed by atoms with Crippen LogP contribution in [0, 0.1) is 5.41 Å². The predicted octanol–water partition coefficient (Wildman–Crippen LogP) is 2.91. The summed E-state index contributed by atoms with van der Waals surface area (Å²) in [5, 5.41) is 0. The third-order valence-corrected chi connectivity index (χ3v) is 5.14. The number of rotatable bonds is 2. The zero-order valence-corrected chi connectivity index (χ0v) is 16.2. The molecule has 0 atom stereocenters. The lowest BCUT2D eigenvalue weighted by molar-refractivity contribution is -0.141. The van der Waals surface area contributed by atoms with Gasteiger partial charge in [-0.1, -0.05) is 36.7 Å². The minimum absolute atomic E-state index is 0.239. The molecule has 2 aliphatic heterocycles. The third kappa shape index (κ3) is 3.86. The maximum Gasteiger partial charge on any atom is 0.228 e. The minimum Gasteiger partial charge on any atom is -0.486 e. The van der Waals surface area contributed by atoms with Crippen molar-refractivity contribution < 1.29 is 14.3 Å². The number of ether oxygens (including phenoxy) is 2. The fourth-order valence-corrected chi connectivity index (χ4v) is 3.50. The molecule has 0 aromatic heterocycles. The zero-order valence-electron chi connectivity index (χ0n) is 14.6. The summed E-state index contributed by atoms with van der Waals surface area (Å²) < 4.78 is 12.3. The van der Waals surface area contributed by atoms with E-state index in [0.29, 0.717) is 13.2 Å². The lowest BCUT2D eigenvalue weighted by Crippen LogP contribution is -2.51. The highest BCUT2D eigenvalue weighted by atomic mass is 79.9. The van der Waals surface area contributed by atoms with E-state index in [9.17, 15) is 4.79 Å². The van der Waals surface area contributed by atoms with Crippen LogP contribution in [-0.2, 0) is 11.3 Å². The molecule has 0 saturated carbocycles. The number of benzene rings is 1. The molecule has 132 valence electrons. The molecule has 6 heteroatoms. The highest BCUT2D eigenvalue weighted by Crippen LogP contribution is 2.36. The second-order valence-electron chi connectivity index (χ2n) is 7.41. The van der Waals surface area contributed by atoms with Gasteiger partial charge in [0, 0.05) is 42.6 Å². The number of carbonyl (C=O) groups is 1. The van der Waals surface area contributed by atoms with Gasteiger partial charge in [-0.2, -0.15) is 0 Å². The molecule has 0 N–H and O–H groups in total. The fraction of sp³-hybridized carbons (Fsp3) is 0.611. The first kappa shape index (κ1) is 17.5. The molecular weight excluding hydrogens is 372 g/mol. The van der Waals surface area contributed by atoms with Gasteiger partial charge in [-0.25, -0.2) is 0 Å². The van der Waals surface area contributed by atoms with Crippen molar-refractivity contribution in [3.8, 4) is 11.5 Å². The number of halogens is 1. The van der Waals surface area contributed by atoms with Crippen molar-refractivity contribution in [2.24, 2.45) is 5.41 Å². The highest BCUT2D eigenvalue weighted by molar-refractivity contribution is 9.10. The van der Waals surface area contributed by atoms with Crippen molar-refractivity contribution in [3.05, 3.63) is 22.2 Å². The topological polar surface area (TPSA) is 42.0 Å². The van der Waals surface area contributed by atoms with E-state index in [4.69, 9.17) is 9.47 Å². The molecule has 2 heterocycles. The van der Waals surface area contributed by atoms with Crippen LogP contribution < -0.4 is 9.47 Å². The largest absolute Gasteiger partial charge is 0.486 e. The lowest BCUT2D eigenvalue weighted by Gasteiger charge is -2.37. The molecule has 0 unspecified atom stereocenters. The Labute approximate surface area is 152 Å². The maximum absolute atomic E-state index is 12.4. The highest BCUT2D eigenvalue weighted by Gasteiger charge is 2.29. The number of piperazine rings is 1. The van der Waals surface area contributed by atoms with Gasteiger partial charge in [-0.15, -0.1) is 0 Å². The standard InChI is InChI=1S/C18H25BrN2O3/c1-18(2,3)17(22)21-6-4-20(5-7-21)12-13-10-15-16(11-14(13)19)24-9-8-23-15/h10-11H,4-9,12H2,1-3H3. The van der Waals surface area contributed by atoms with Crippen molar-refractivity contribution in [2.75, 3.05) is 39.4 Å². The maximum atomic E-state index is 12.4. The van der Waals surface area contributed by atoms with Gasteiger partial charge in [-0.3, -0.25) is 9.69 Å². The predicted molar refractivity (Wildman–Crippen MR) is 96.4 cm³/mol. The first-order valence-corrected chi connectivity index (χ1v) is 9.23. The molecule has 1 aromatic carbocycles. The molecule has 1 saturated heterocycles. The summed E-state index contributed by atoms with van der Waals surface area (Å²) in [6.07, 6.45) is 0. The third-order valence-electron chi connectivity index (χ3n) is 4.41. The van der Waals surface area contributed by atoms with Gasteiger partial charge in [0.2, 0.25) is 5.91 Å². The molecule has 3 rings (SSSR count). The van der Waals surface area contributed by atoms with Gasteiger partial charge in [0.1, 0.15) is 13.2 Å². The monoisotopic (exact) mass is 396 g/mol. The molecule has 1 fully saturated rings. The van der Waals surface area contributed by atoms with Gasteiger partial charge in [0.15, 0.2) is 11.5 Å². The van der Waals surface area contributed by atoms with Gasteiger partial charge >= 0.3 is 0 Å². The van der Waals surface area contributed by atoms with E-state index < -0.39 is 0 Å². The lowest BCUT2D eigenvalue weighted by atomic mass is 9.94. The molecule has 1 amide bonds. The second-order valence-corrected chi connectivity index (χ2v) is 8.26. The summed E-state index contributed by atoms with van der Waals surface area (Å²) in [4.78, 5) is 16.7. The van der Waals surface area contributed by atoms with Gasteiger partial charge in [0.05, 0.1) is 0 Å². The van der Waals surface area contributed by atoms with Crippen LogP contribution in [0.3, 0.4) is 0 Å². The van der Waals surface area contributed by atoms with E-state index in [1.165, 1.54) is 5.56 Å². The van der Waals surface area contributed by atoms with E-state index in [2.05, 4.69) is 26.9 Å². The van der Waals surface area contributed by atoms with Crippen LogP contribution in [0.15, 0.2) is 16.6 Å². The van der Waals surface area contributed by atoms with Crippen molar-refractivity contribution in [2.45, 2.75) is 27.3 Å². The first-order chi connectivity index (χ1) is 11.3. The summed E-state index contributed by atoms with van der Waals surface area (Å²) in [6, 6.07) is 4.05. The van der Waals surface area contributed by atoms with Crippen LogP contribution in [0.4, 0.5) is 0 Å². The normalized spacial score (nSPS) is 18.6. The summed E-state index contributed by atoms with van der Waals surface area (Å²) >= 11 is 3.64. The number of nitrogens with zero attached hydrogens (tertiary/aromatic N) is 2. The number of fused-ring (bicyclic) bond motifs is 1. The molecule has 0 aliphatic carbocycles. The fourth-order valence-electron chi connectivity index (χ4n) is 3.05. The van der Waals surface area contributed by atoms with E-state index >= 15 is 0 Å². The van der Waals surface area contributed by atoms with Gasteiger partial charge < -0.3 is 14.4 Å². The Balaban J connectivity index is 1.61. The Morgan fingerprint density at radius 3 is 2.25 bits per heavy atom. The number of amides is 1. The van der Waals surface area contributed by atoms with Crippen molar-refractivity contribution in [1.82, 2.24) is 9.80 Å². The number of carbonyl (C=O) groups excluding carboxylic acids is 1. The molecule has 5 nitrogen and oxygen atoms in total. The Bertz CT molecular complexity index is 619. The Kier molecular flexibility index (Phi) is 5.06. The van der Waals surface area contributed by atoms with Gasteiger partial charge in [-0.05, 0) is 17.7 Å². The van der Waals surface area contributed by atoms with Crippen molar-refractivity contribution in [1.29, 1.82) is 0 Å². The molecule has 0 bridgehead atoms. The molecule has 0 radical (unpaired) electrons. The number of hydrogen-bond donors (Lipinski definition) is 0. The Morgan fingerprint density at radius 1 is 1.08 bits per heavy atom. The summed E-state index contributed by atoms with van der Waals surface area (Å²) in [5.41, 5.74) is 0.885. The van der Waals surface area contributed by atoms with Crippen LogP contribution in [0.5, 0.6) is 11.5 Å². The van der Waals surface area contributed by atoms with Crippen LogP contribution in [0.25, 0.3) is 0 Å². The second kappa shape index (κ2) is 6.92. The first-order valence-electron chi connectivity index (χ1n) is 8.44. The van der Waals surface area contributed by atoms with Crippen molar-refractivity contribution >= 4 is 21.8 Å². The van der Waals surface area contributed by atoms with E-state index in [-0.39, 0.29) is 11.3 Å².